The van der Waals surface area contributed by atoms with Gasteiger partial charge in [0.2, 0.25) is 0 Å². The van der Waals surface area contributed by atoms with Gasteiger partial charge in [0, 0.05) is 31.7 Å². The van der Waals surface area contributed by atoms with E-state index in [0.29, 0.717) is 19.6 Å². The Labute approximate surface area is 131 Å². The minimum Gasteiger partial charge on any atom is -0.465 e. The number of nitrogens with one attached hydrogen (secondary N) is 1. The summed E-state index contributed by atoms with van der Waals surface area (Å²) < 4.78 is 4.64. The van der Waals surface area contributed by atoms with Crippen LogP contribution in [0.4, 0.5) is 17.1 Å². The Bertz CT molecular complexity index is 662. The number of ether oxygens (including phenoxy) is 1. The van der Waals surface area contributed by atoms with Crippen LogP contribution in [0.25, 0.3) is 0 Å². The Morgan fingerprint density at radius 1 is 1.35 bits per heavy atom. The predicted octanol–water partition coefficient (Wildman–Crippen LogP) is 1.09. The van der Waals surface area contributed by atoms with E-state index < -0.39 is 27.2 Å². The van der Waals surface area contributed by atoms with Crippen molar-refractivity contribution >= 4 is 23.0 Å². The van der Waals surface area contributed by atoms with Crippen LogP contribution in [-0.4, -0.2) is 48.6 Å². The molecule has 1 fully saturated rings. The lowest BCUT2D eigenvalue weighted by Gasteiger charge is -2.34. The maximum Gasteiger partial charge on any atom is 0.340 e. The van der Waals surface area contributed by atoms with Gasteiger partial charge in [-0.25, -0.2) is 4.79 Å². The first-order valence-electron chi connectivity index (χ1n) is 6.88. The number of hydrogen-bond donors (Lipinski definition) is 1. The molecule has 10 heteroatoms. The number of nitrogens with zero attached hydrogens (tertiary/aromatic N) is 3. The van der Waals surface area contributed by atoms with Gasteiger partial charge in [-0.3, -0.25) is 20.2 Å². The molecule has 1 N–H and O–H groups in total. The minimum absolute atomic E-state index is 0.0563. The highest BCUT2D eigenvalue weighted by Gasteiger charge is 2.32. The molecule has 1 aromatic carbocycles. The van der Waals surface area contributed by atoms with Gasteiger partial charge in [-0.05, 0) is 6.92 Å². The average molecular weight is 324 g/mol. The van der Waals surface area contributed by atoms with Crippen LogP contribution >= 0.6 is 0 Å². The normalized spacial score (nSPS) is 17.7. The number of hydrogen-bond acceptors (Lipinski definition) is 8. The molecule has 0 spiro atoms. The van der Waals surface area contributed by atoms with Crippen LogP contribution in [0.3, 0.4) is 0 Å². The van der Waals surface area contributed by atoms with Crippen LogP contribution in [-0.2, 0) is 4.74 Å². The fourth-order valence-corrected chi connectivity index (χ4v) is 2.58. The quantitative estimate of drug-likeness (QED) is 0.495. The number of nitro benzene ring substituents is 2. The highest BCUT2D eigenvalue weighted by Crippen LogP contribution is 2.37. The van der Waals surface area contributed by atoms with Gasteiger partial charge in [0.15, 0.2) is 0 Å². The van der Waals surface area contributed by atoms with Gasteiger partial charge in [0.25, 0.3) is 11.4 Å². The lowest BCUT2D eigenvalue weighted by Crippen LogP contribution is -2.49. The molecule has 0 saturated carbocycles. The number of nitro groups is 2. The zero-order valence-electron chi connectivity index (χ0n) is 12.6. The molecule has 1 atom stereocenters. The molecule has 0 aromatic heterocycles. The molecule has 124 valence electrons. The maximum absolute atomic E-state index is 12.0. The van der Waals surface area contributed by atoms with E-state index in [-0.39, 0.29) is 17.3 Å². The number of piperazine rings is 1. The van der Waals surface area contributed by atoms with E-state index in [1.807, 2.05) is 6.92 Å². The highest BCUT2D eigenvalue weighted by atomic mass is 16.6. The number of carbonyl (C=O) groups is 1. The molecule has 0 amide bonds. The van der Waals surface area contributed by atoms with Crippen molar-refractivity contribution in [2.45, 2.75) is 13.0 Å². The zero-order chi connectivity index (χ0) is 17.1. The van der Waals surface area contributed by atoms with Crippen LogP contribution < -0.4 is 10.2 Å². The fourth-order valence-electron chi connectivity index (χ4n) is 2.58. The summed E-state index contributed by atoms with van der Waals surface area (Å²) in [5.74, 6) is -0.849. The molecule has 2 rings (SSSR count). The largest absolute Gasteiger partial charge is 0.465 e. The molecule has 0 bridgehead atoms. The van der Waals surface area contributed by atoms with Crippen molar-refractivity contribution in [3.05, 3.63) is 37.9 Å². The topological polar surface area (TPSA) is 128 Å². The van der Waals surface area contributed by atoms with Crippen LogP contribution in [0.5, 0.6) is 0 Å². The molecule has 23 heavy (non-hydrogen) atoms. The van der Waals surface area contributed by atoms with E-state index in [1.165, 1.54) is 0 Å². The number of methoxy groups -OCH3 is 1. The molecular formula is C13H16N4O6. The van der Waals surface area contributed by atoms with E-state index in [1.54, 1.807) is 4.90 Å². The van der Waals surface area contributed by atoms with Crippen molar-refractivity contribution < 1.29 is 19.4 Å². The van der Waals surface area contributed by atoms with E-state index in [9.17, 15) is 25.0 Å². The smallest absolute Gasteiger partial charge is 0.340 e. The van der Waals surface area contributed by atoms with Gasteiger partial charge in [0.1, 0.15) is 5.69 Å². The second kappa shape index (κ2) is 6.57. The monoisotopic (exact) mass is 324 g/mol. The average Bonchev–Trinajstić information content (AvgIpc) is 2.52. The van der Waals surface area contributed by atoms with Crippen LogP contribution in [0.15, 0.2) is 12.1 Å². The van der Waals surface area contributed by atoms with Crippen molar-refractivity contribution in [1.82, 2.24) is 5.32 Å². The highest BCUT2D eigenvalue weighted by molar-refractivity contribution is 5.99. The van der Waals surface area contributed by atoms with E-state index in [4.69, 9.17) is 0 Å². The van der Waals surface area contributed by atoms with E-state index in [0.717, 1.165) is 19.2 Å². The zero-order valence-corrected chi connectivity index (χ0v) is 12.6. The fraction of sp³-hybridized carbons (Fsp3) is 0.462. The predicted molar refractivity (Wildman–Crippen MR) is 80.8 cm³/mol. The number of benzene rings is 1. The molecule has 0 aliphatic carbocycles. The number of esters is 1. The van der Waals surface area contributed by atoms with Crippen LogP contribution in [0.2, 0.25) is 0 Å². The van der Waals surface area contributed by atoms with E-state index >= 15 is 0 Å². The van der Waals surface area contributed by atoms with Gasteiger partial charge in [-0.1, -0.05) is 0 Å². The summed E-state index contributed by atoms with van der Waals surface area (Å²) >= 11 is 0. The van der Waals surface area contributed by atoms with Crippen LogP contribution in [0, 0.1) is 20.2 Å². The van der Waals surface area contributed by atoms with E-state index in [2.05, 4.69) is 10.1 Å². The lowest BCUT2D eigenvalue weighted by atomic mass is 10.1. The first-order chi connectivity index (χ1) is 10.8. The van der Waals surface area contributed by atoms with Crippen molar-refractivity contribution in [3.8, 4) is 0 Å². The summed E-state index contributed by atoms with van der Waals surface area (Å²) in [6.07, 6.45) is 0. The number of non-ortho nitro benzene ring substituents is 1. The molecule has 1 aliphatic heterocycles. The Morgan fingerprint density at radius 3 is 2.57 bits per heavy atom. The Kier molecular flexibility index (Phi) is 4.74. The summed E-state index contributed by atoms with van der Waals surface area (Å²) in [4.78, 5) is 34.5. The third kappa shape index (κ3) is 3.37. The van der Waals surface area contributed by atoms with Gasteiger partial charge in [0.05, 0.1) is 28.6 Å². The minimum atomic E-state index is -0.849. The summed E-state index contributed by atoms with van der Waals surface area (Å²) in [6.45, 7) is 3.35. The van der Waals surface area contributed by atoms with Crippen molar-refractivity contribution in [1.29, 1.82) is 0 Å². The standard InChI is InChI=1S/C13H16N4O6/c1-8-7-15(4-3-14-8)12-10(13(18)23-2)5-9(16(19)20)6-11(12)17(21)22/h5-6,8,14H,3-4,7H2,1-2H3. The molecule has 1 aromatic rings. The Balaban J connectivity index is 2.67. The van der Waals surface area contributed by atoms with Gasteiger partial charge in [-0.15, -0.1) is 0 Å². The van der Waals surface area contributed by atoms with Gasteiger partial charge >= 0.3 is 5.97 Å². The summed E-state index contributed by atoms with van der Waals surface area (Å²) in [7, 11) is 1.12. The summed E-state index contributed by atoms with van der Waals surface area (Å²) in [5, 5.41) is 25.5. The maximum atomic E-state index is 12.0. The number of carbonyl (C=O) groups excluding carboxylic acids is 1. The summed E-state index contributed by atoms with van der Waals surface area (Å²) in [6, 6.07) is 1.94. The Hall–Kier alpha value is -2.75. The van der Waals surface area contributed by atoms with Crippen molar-refractivity contribution in [3.63, 3.8) is 0 Å². The Morgan fingerprint density at radius 2 is 2.04 bits per heavy atom. The third-order valence-corrected chi connectivity index (χ3v) is 3.57. The molecular weight excluding hydrogens is 308 g/mol. The number of rotatable bonds is 4. The molecule has 1 saturated heterocycles. The van der Waals surface area contributed by atoms with Gasteiger partial charge in [-0.2, -0.15) is 0 Å². The molecule has 1 heterocycles. The van der Waals surface area contributed by atoms with Crippen molar-refractivity contribution in [2.75, 3.05) is 31.6 Å². The van der Waals surface area contributed by atoms with Gasteiger partial charge < -0.3 is 15.0 Å². The first-order valence-corrected chi connectivity index (χ1v) is 6.88. The molecule has 10 nitrogen and oxygen atoms in total. The summed E-state index contributed by atoms with van der Waals surface area (Å²) in [5.41, 5.74) is -1.12. The SMILES string of the molecule is COC(=O)c1cc([N+](=O)[O-])cc([N+](=O)[O-])c1N1CCNC(C)C1. The second-order valence-electron chi connectivity index (χ2n) is 5.17. The number of anilines is 1. The molecule has 0 radical (unpaired) electrons. The second-order valence-corrected chi connectivity index (χ2v) is 5.17. The van der Waals surface area contributed by atoms with Crippen molar-refractivity contribution in [2.24, 2.45) is 0 Å². The first kappa shape index (κ1) is 16.6. The van der Waals surface area contributed by atoms with Crippen LogP contribution in [0.1, 0.15) is 17.3 Å². The molecule has 1 unspecified atom stereocenters. The molecule has 1 aliphatic rings. The lowest BCUT2D eigenvalue weighted by molar-refractivity contribution is -0.393. The third-order valence-electron chi connectivity index (χ3n) is 3.57.